The second-order valence-corrected chi connectivity index (χ2v) is 4.62. The summed E-state index contributed by atoms with van der Waals surface area (Å²) in [5.41, 5.74) is 1.13. The first-order valence-corrected chi connectivity index (χ1v) is 6.53. The van der Waals surface area contributed by atoms with Gasteiger partial charge in [-0.05, 0) is 24.8 Å². The van der Waals surface area contributed by atoms with Gasteiger partial charge in [0.15, 0.2) is 0 Å². The molecule has 0 saturated heterocycles. The fourth-order valence-electron chi connectivity index (χ4n) is 2.08. The fraction of sp³-hybridized carbons (Fsp3) is 0.400. The number of amides is 1. The summed E-state index contributed by atoms with van der Waals surface area (Å²) in [4.78, 5) is 11.7. The highest BCUT2D eigenvalue weighted by atomic mass is 16.1. The van der Waals surface area contributed by atoms with Gasteiger partial charge in [0.1, 0.15) is 0 Å². The van der Waals surface area contributed by atoms with Crippen LogP contribution >= 0.6 is 0 Å². The van der Waals surface area contributed by atoms with Crippen molar-refractivity contribution in [2.45, 2.75) is 31.8 Å². The Morgan fingerprint density at radius 2 is 2.06 bits per heavy atom. The summed E-state index contributed by atoms with van der Waals surface area (Å²) in [6.45, 7) is 1.01. The van der Waals surface area contributed by atoms with Crippen LogP contribution < -0.4 is 10.6 Å². The smallest absolute Gasteiger partial charge is 0.234 e. The van der Waals surface area contributed by atoms with E-state index in [1.54, 1.807) is 0 Å². The van der Waals surface area contributed by atoms with Gasteiger partial charge in [-0.3, -0.25) is 4.79 Å². The highest BCUT2D eigenvalue weighted by Crippen LogP contribution is 2.09. The van der Waals surface area contributed by atoms with E-state index in [0.29, 0.717) is 19.1 Å². The van der Waals surface area contributed by atoms with Gasteiger partial charge < -0.3 is 10.6 Å². The van der Waals surface area contributed by atoms with Gasteiger partial charge in [0.2, 0.25) is 5.91 Å². The maximum atomic E-state index is 11.7. The molecule has 0 aromatic heterocycles. The standard InChI is InChI=1S/C15H20N2O/c18-15(12-16-14-9-5-2-6-10-14)17-11-13-7-3-1-4-8-13/h1-5,7-8,14,16H,6,9-12H2,(H,17,18). The molecule has 18 heavy (non-hydrogen) atoms. The van der Waals surface area contributed by atoms with Gasteiger partial charge in [0.05, 0.1) is 6.54 Å². The summed E-state index contributed by atoms with van der Waals surface area (Å²) in [7, 11) is 0. The van der Waals surface area contributed by atoms with Crippen LogP contribution in [0.3, 0.4) is 0 Å². The molecule has 0 heterocycles. The van der Waals surface area contributed by atoms with Crippen molar-refractivity contribution in [3.05, 3.63) is 48.0 Å². The Bertz CT molecular complexity index is 400. The van der Waals surface area contributed by atoms with Crippen molar-refractivity contribution in [1.29, 1.82) is 0 Å². The lowest BCUT2D eigenvalue weighted by atomic mass is 10.0. The number of rotatable bonds is 5. The average molecular weight is 244 g/mol. The number of benzene rings is 1. The highest BCUT2D eigenvalue weighted by Gasteiger charge is 2.10. The average Bonchev–Trinajstić information content (AvgIpc) is 2.45. The molecule has 0 saturated carbocycles. The summed E-state index contributed by atoms with van der Waals surface area (Å²) >= 11 is 0. The molecule has 0 bridgehead atoms. The minimum absolute atomic E-state index is 0.0633. The van der Waals surface area contributed by atoms with Crippen molar-refractivity contribution < 1.29 is 4.79 Å². The Hall–Kier alpha value is -1.61. The van der Waals surface area contributed by atoms with Crippen molar-refractivity contribution >= 4 is 5.91 Å². The molecule has 2 rings (SSSR count). The first-order valence-electron chi connectivity index (χ1n) is 6.53. The molecule has 96 valence electrons. The first kappa shape index (κ1) is 12.8. The number of allylic oxidation sites excluding steroid dienone is 1. The molecule has 1 unspecified atom stereocenters. The number of nitrogens with one attached hydrogen (secondary N) is 2. The van der Waals surface area contributed by atoms with Gasteiger partial charge in [0.25, 0.3) is 0 Å². The Kier molecular flexibility index (Phi) is 4.97. The molecule has 0 fully saturated rings. The molecule has 1 atom stereocenters. The number of hydrogen-bond donors (Lipinski definition) is 2. The third-order valence-electron chi connectivity index (χ3n) is 3.15. The van der Waals surface area contributed by atoms with E-state index in [0.717, 1.165) is 24.8 Å². The summed E-state index contributed by atoms with van der Waals surface area (Å²) in [6.07, 6.45) is 7.66. The van der Waals surface area contributed by atoms with Crippen molar-refractivity contribution in [3.8, 4) is 0 Å². The molecule has 1 aliphatic rings. The van der Waals surface area contributed by atoms with Crippen LogP contribution in [0.1, 0.15) is 24.8 Å². The van der Waals surface area contributed by atoms with Crippen LogP contribution in [0.25, 0.3) is 0 Å². The molecule has 1 aromatic rings. The van der Waals surface area contributed by atoms with E-state index in [-0.39, 0.29) is 5.91 Å². The van der Waals surface area contributed by atoms with Crippen molar-refractivity contribution in [2.24, 2.45) is 0 Å². The zero-order valence-corrected chi connectivity index (χ0v) is 10.6. The minimum atomic E-state index is 0.0633. The Morgan fingerprint density at radius 3 is 2.78 bits per heavy atom. The molecule has 0 aliphatic heterocycles. The highest BCUT2D eigenvalue weighted by molar-refractivity contribution is 5.78. The van der Waals surface area contributed by atoms with Gasteiger partial charge in [0, 0.05) is 12.6 Å². The van der Waals surface area contributed by atoms with E-state index in [1.807, 2.05) is 30.3 Å². The molecule has 3 heteroatoms. The predicted octanol–water partition coefficient (Wildman–Crippen LogP) is 2.00. The molecule has 3 nitrogen and oxygen atoms in total. The van der Waals surface area contributed by atoms with E-state index in [1.165, 1.54) is 0 Å². The van der Waals surface area contributed by atoms with Gasteiger partial charge in [-0.1, -0.05) is 42.5 Å². The molecule has 1 aliphatic carbocycles. The van der Waals surface area contributed by atoms with Crippen LogP contribution in [0.5, 0.6) is 0 Å². The van der Waals surface area contributed by atoms with Crippen LogP contribution in [0.15, 0.2) is 42.5 Å². The lowest BCUT2D eigenvalue weighted by molar-refractivity contribution is -0.120. The number of hydrogen-bond acceptors (Lipinski definition) is 2. The molecule has 0 spiro atoms. The van der Waals surface area contributed by atoms with E-state index in [4.69, 9.17) is 0 Å². The SMILES string of the molecule is O=C(CNC1CC=CCC1)NCc1ccccc1. The fourth-order valence-corrected chi connectivity index (χ4v) is 2.08. The van der Waals surface area contributed by atoms with Gasteiger partial charge >= 0.3 is 0 Å². The van der Waals surface area contributed by atoms with Crippen molar-refractivity contribution in [2.75, 3.05) is 6.54 Å². The minimum Gasteiger partial charge on any atom is -0.351 e. The topological polar surface area (TPSA) is 41.1 Å². The third-order valence-corrected chi connectivity index (χ3v) is 3.15. The van der Waals surface area contributed by atoms with Gasteiger partial charge in [-0.2, -0.15) is 0 Å². The maximum absolute atomic E-state index is 11.7. The zero-order chi connectivity index (χ0) is 12.6. The first-order chi connectivity index (χ1) is 8.84. The molecule has 1 aromatic carbocycles. The van der Waals surface area contributed by atoms with Gasteiger partial charge in [-0.25, -0.2) is 0 Å². The van der Waals surface area contributed by atoms with E-state index < -0.39 is 0 Å². The van der Waals surface area contributed by atoms with Crippen molar-refractivity contribution in [1.82, 2.24) is 10.6 Å². The Labute approximate surface area is 108 Å². The second-order valence-electron chi connectivity index (χ2n) is 4.62. The van der Waals surface area contributed by atoms with E-state index in [9.17, 15) is 4.79 Å². The zero-order valence-electron chi connectivity index (χ0n) is 10.6. The lowest BCUT2D eigenvalue weighted by Gasteiger charge is -2.19. The third kappa shape index (κ3) is 4.34. The Balaban J connectivity index is 1.64. The quantitative estimate of drug-likeness (QED) is 0.778. The molecular weight excluding hydrogens is 224 g/mol. The van der Waals surface area contributed by atoms with E-state index >= 15 is 0 Å². The number of carbonyl (C=O) groups is 1. The monoisotopic (exact) mass is 244 g/mol. The summed E-state index contributed by atoms with van der Waals surface area (Å²) in [5.74, 6) is 0.0633. The summed E-state index contributed by atoms with van der Waals surface area (Å²) < 4.78 is 0. The normalized spacial score (nSPS) is 18.6. The van der Waals surface area contributed by atoms with E-state index in [2.05, 4.69) is 22.8 Å². The molecule has 1 amide bonds. The molecular formula is C15H20N2O. The van der Waals surface area contributed by atoms with Crippen LogP contribution in [0.2, 0.25) is 0 Å². The second kappa shape index (κ2) is 6.97. The Morgan fingerprint density at radius 1 is 1.22 bits per heavy atom. The lowest BCUT2D eigenvalue weighted by Crippen LogP contribution is -2.39. The maximum Gasteiger partial charge on any atom is 0.234 e. The predicted molar refractivity (Wildman–Crippen MR) is 73.1 cm³/mol. The molecule has 2 N–H and O–H groups in total. The summed E-state index contributed by atoms with van der Waals surface area (Å²) in [5, 5.41) is 6.21. The molecule has 0 radical (unpaired) electrons. The number of carbonyl (C=O) groups excluding carboxylic acids is 1. The van der Waals surface area contributed by atoms with Crippen LogP contribution in [-0.2, 0) is 11.3 Å². The van der Waals surface area contributed by atoms with Crippen LogP contribution in [0, 0.1) is 0 Å². The van der Waals surface area contributed by atoms with Crippen molar-refractivity contribution in [3.63, 3.8) is 0 Å². The van der Waals surface area contributed by atoms with Gasteiger partial charge in [-0.15, -0.1) is 0 Å². The largest absolute Gasteiger partial charge is 0.351 e. The summed E-state index contributed by atoms with van der Waals surface area (Å²) in [6, 6.07) is 10.4. The van der Waals surface area contributed by atoms with Crippen LogP contribution in [0.4, 0.5) is 0 Å². The van der Waals surface area contributed by atoms with Crippen LogP contribution in [-0.4, -0.2) is 18.5 Å².